The van der Waals surface area contributed by atoms with Gasteiger partial charge in [-0.2, -0.15) is 0 Å². The molecule has 0 fully saturated rings. The highest BCUT2D eigenvalue weighted by molar-refractivity contribution is 5.94. The number of hydrogen-bond donors (Lipinski definition) is 1. The van der Waals surface area contributed by atoms with Crippen molar-refractivity contribution in [2.45, 2.75) is 0 Å². The Morgan fingerprint density at radius 2 is 1.91 bits per heavy atom. The van der Waals surface area contributed by atoms with Crippen LogP contribution in [0.25, 0.3) is 0 Å². The van der Waals surface area contributed by atoms with Crippen LogP contribution in [0, 0.1) is 5.82 Å². The summed E-state index contributed by atoms with van der Waals surface area (Å²) < 4.78 is 18.4. The summed E-state index contributed by atoms with van der Waals surface area (Å²) in [7, 11) is 1.55. The SMILES string of the molecule is CN(CCOc1cccc(F)c1)C(=O)c1cccc(C(=O)O)n1. The van der Waals surface area contributed by atoms with E-state index in [1.165, 1.54) is 41.3 Å². The van der Waals surface area contributed by atoms with Crippen LogP contribution in [0.1, 0.15) is 21.0 Å². The van der Waals surface area contributed by atoms with E-state index in [0.717, 1.165) is 0 Å². The lowest BCUT2D eigenvalue weighted by atomic mass is 10.2. The van der Waals surface area contributed by atoms with Crippen LogP contribution in [0.4, 0.5) is 4.39 Å². The number of aromatic nitrogens is 1. The highest BCUT2D eigenvalue weighted by atomic mass is 19.1. The van der Waals surface area contributed by atoms with Gasteiger partial charge in [-0.25, -0.2) is 14.2 Å². The lowest BCUT2D eigenvalue weighted by Gasteiger charge is -2.17. The zero-order valence-corrected chi connectivity index (χ0v) is 12.4. The number of amides is 1. The Labute approximate surface area is 132 Å². The molecule has 0 aliphatic carbocycles. The maximum Gasteiger partial charge on any atom is 0.354 e. The largest absolute Gasteiger partial charge is 0.492 e. The van der Waals surface area contributed by atoms with Crippen LogP contribution < -0.4 is 4.74 Å². The molecule has 0 saturated carbocycles. The molecule has 23 heavy (non-hydrogen) atoms. The molecule has 1 aromatic heterocycles. The number of nitrogens with zero attached hydrogens (tertiary/aromatic N) is 2. The van der Waals surface area contributed by atoms with Gasteiger partial charge in [0.15, 0.2) is 0 Å². The summed E-state index contributed by atoms with van der Waals surface area (Å²) in [4.78, 5) is 28.2. The molecule has 6 nitrogen and oxygen atoms in total. The fraction of sp³-hybridized carbons (Fsp3) is 0.188. The maximum atomic E-state index is 13.0. The van der Waals surface area contributed by atoms with E-state index in [2.05, 4.69) is 4.98 Å². The van der Waals surface area contributed by atoms with Gasteiger partial charge in [-0.3, -0.25) is 4.79 Å². The van der Waals surface area contributed by atoms with Crippen LogP contribution in [0.15, 0.2) is 42.5 Å². The summed E-state index contributed by atoms with van der Waals surface area (Å²) in [5, 5.41) is 8.88. The second-order valence-corrected chi connectivity index (χ2v) is 4.75. The first-order valence-electron chi connectivity index (χ1n) is 6.81. The first-order valence-corrected chi connectivity index (χ1v) is 6.81. The van der Waals surface area contributed by atoms with Gasteiger partial charge in [0.2, 0.25) is 0 Å². The third-order valence-corrected chi connectivity index (χ3v) is 3.03. The second-order valence-electron chi connectivity index (χ2n) is 4.75. The average Bonchev–Trinajstić information content (AvgIpc) is 2.54. The molecule has 0 atom stereocenters. The molecule has 1 amide bonds. The number of carbonyl (C=O) groups excluding carboxylic acids is 1. The molecule has 1 N–H and O–H groups in total. The van der Waals surface area contributed by atoms with Crippen molar-refractivity contribution in [2.24, 2.45) is 0 Å². The van der Waals surface area contributed by atoms with Crippen molar-refractivity contribution in [3.8, 4) is 5.75 Å². The van der Waals surface area contributed by atoms with Gasteiger partial charge in [-0.15, -0.1) is 0 Å². The number of likely N-dealkylation sites (N-methyl/N-ethyl adjacent to an activating group) is 1. The summed E-state index contributed by atoms with van der Waals surface area (Å²) >= 11 is 0. The Bertz CT molecular complexity index is 721. The number of halogens is 1. The van der Waals surface area contributed by atoms with Crippen LogP contribution in [0.5, 0.6) is 5.75 Å². The van der Waals surface area contributed by atoms with Crippen molar-refractivity contribution in [2.75, 3.05) is 20.2 Å². The molecular formula is C16H15FN2O4. The quantitative estimate of drug-likeness (QED) is 0.882. The number of aromatic carboxylic acids is 1. The van der Waals surface area contributed by atoms with Crippen LogP contribution in [0.3, 0.4) is 0 Å². The van der Waals surface area contributed by atoms with Crippen molar-refractivity contribution in [3.63, 3.8) is 0 Å². The molecular weight excluding hydrogens is 303 g/mol. The number of benzene rings is 1. The number of carboxylic acids is 1. The van der Waals surface area contributed by atoms with E-state index in [0.29, 0.717) is 5.75 Å². The van der Waals surface area contributed by atoms with Crippen molar-refractivity contribution >= 4 is 11.9 Å². The molecule has 0 radical (unpaired) electrons. The fourth-order valence-electron chi connectivity index (χ4n) is 1.83. The third-order valence-electron chi connectivity index (χ3n) is 3.03. The number of carboxylic acid groups (broad SMARTS) is 1. The highest BCUT2D eigenvalue weighted by Gasteiger charge is 2.15. The van der Waals surface area contributed by atoms with Gasteiger partial charge in [0.1, 0.15) is 29.6 Å². The van der Waals surface area contributed by atoms with Crippen LogP contribution in [-0.4, -0.2) is 47.1 Å². The molecule has 0 unspecified atom stereocenters. The average molecular weight is 318 g/mol. The van der Waals surface area contributed by atoms with E-state index in [1.807, 2.05) is 0 Å². The molecule has 0 bridgehead atoms. The summed E-state index contributed by atoms with van der Waals surface area (Å²) in [5.74, 6) is -1.65. The number of ether oxygens (including phenoxy) is 1. The van der Waals surface area contributed by atoms with E-state index in [4.69, 9.17) is 9.84 Å². The van der Waals surface area contributed by atoms with Crippen molar-refractivity contribution < 1.29 is 23.8 Å². The molecule has 2 aromatic rings. The van der Waals surface area contributed by atoms with E-state index < -0.39 is 17.7 Å². The zero-order valence-electron chi connectivity index (χ0n) is 12.4. The zero-order chi connectivity index (χ0) is 16.8. The molecule has 0 saturated heterocycles. The first-order chi connectivity index (χ1) is 11.0. The number of hydrogen-bond acceptors (Lipinski definition) is 4. The number of rotatable bonds is 6. The van der Waals surface area contributed by atoms with Crippen molar-refractivity contribution in [3.05, 3.63) is 59.7 Å². The number of pyridine rings is 1. The monoisotopic (exact) mass is 318 g/mol. The topological polar surface area (TPSA) is 79.7 Å². The van der Waals surface area contributed by atoms with E-state index in [9.17, 15) is 14.0 Å². The van der Waals surface area contributed by atoms with Crippen molar-refractivity contribution in [1.29, 1.82) is 0 Å². The second kappa shape index (κ2) is 7.35. The molecule has 0 aliphatic rings. The minimum atomic E-state index is -1.20. The van der Waals surface area contributed by atoms with Gasteiger partial charge >= 0.3 is 5.97 Å². The van der Waals surface area contributed by atoms with E-state index in [-0.39, 0.29) is 24.5 Å². The summed E-state index contributed by atoms with van der Waals surface area (Å²) in [6.45, 7) is 0.415. The molecule has 0 aliphatic heterocycles. The predicted octanol–water partition coefficient (Wildman–Crippen LogP) is 2.07. The van der Waals surface area contributed by atoms with Gasteiger partial charge < -0.3 is 14.7 Å². The molecule has 1 heterocycles. The van der Waals surface area contributed by atoms with Crippen molar-refractivity contribution in [1.82, 2.24) is 9.88 Å². The number of carbonyl (C=O) groups is 2. The minimum Gasteiger partial charge on any atom is -0.492 e. The van der Waals surface area contributed by atoms with E-state index in [1.54, 1.807) is 13.1 Å². The normalized spacial score (nSPS) is 10.2. The fourth-order valence-corrected chi connectivity index (χ4v) is 1.83. The third kappa shape index (κ3) is 4.50. The van der Waals surface area contributed by atoms with Gasteiger partial charge in [-0.05, 0) is 24.3 Å². The Hall–Kier alpha value is -2.96. The van der Waals surface area contributed by atoms with Gasteiger partial charge in [-0.1, -0.05) is 12.1 Å². The molecule has 120 valence electrons. The first kappa shape index (κ1) is 16.4. The minimum absolute atomic E-state index is 0.0400. The van der Waals surface area contributed by atoms with Gasteiger partial charge in [0.25, 0.3) is 5.91 Å². The summed E-state index contributed by atoms with van der Waals surface area (Å²) in [6.07, 6.45) is 0. The molecule has 7 heteroatoms. The van der Waals surface area contributed by atoms with Gasteiger partial charge in [0.05, 0.1) is 6.54 Å². The molecule has 0 spiro atoms. The molecule has 1 aromatic carbocycles. The van der Waals surface area contributed by atoms with E-state index >= 15 is 0 Å². The Kier molecular flexibility index (Phi) is 5.24. The lowest BCUT2D eigenvalue weighted by Crippen LogP contribution is -2.31. The van der Waals surface area contributed by atoms with Crippen LogP contribution in [-0.2, 0) is 0 Å². The predicted molar refractivity (Wildman–Crippen MR) is 80.1 cm³/mol. The highest BCUT2D eigenvalue weighted by Crippen LogP contribution is 2.11. The Morgan fingerprint density at radius 3 is 2.61 bits per heavy atom. The standard InChI is InChI=1S/C16H15FN2O4/c1-19(8-9-23-12-5-2-4-11(17)10-12)15(20)13-6-3-7-14(18-13)16(21)22/h2-7,10H,8-9H2,1H3,(H,21,22). The molecule has 2 rings (SSSR count). The maximum absolute atomic E-state index is 13.0. The van der Waals surface area contributed by atoms with Crippen LogP contribution >= 0.6 is 0 Å². The summed E-state index contributed by atoms with van der Waals surface area (Å²) in [6, 6.07) is 9.92. The Morgan fingerprint density at radius 1 is 1.22 bits per heavy atom. The smallest absolute Gasteiger partial charge is 0.354 e. The Balaban J connectivity index is 1.92. The summed E-state index contributed by atoms with van der Waals surface area (Å²) in [5.41, 5.74) is -0.154. The van der Waals surface area contributed by atoms with Gasteiger partial charge in [0, 0.05) is 13.1 Å². The van der Waals surface area contributed by atoms with Crippen LogP contribution in [0.2, 0.25) is 0 Å². The lowest BCUT2D eigenvalue weighted by molar-refractivity contribution is 0.0690.